The summed E-state index contributed by atoms with van der Waals surface area (Å²) >= 11 is 0. The number of sulfonamides is 1. The lowest BCUT2D eigenvalue weighted by Crippen LogP contribution is -2.50. The number of ether oxygens (including phenoxy) is 2. The number of carboxylic acids is 1. The minimum Gasteiger partial charge on any atom is -0.494 e. The van der Waals surface area contributed by atoms with Gasteiger partial charge in [0.15, 0.2) is 11.9 Å². The van der Waals surface area contributed by atoms with E-state index in [1.54, 1.807) is 65.6 Å². The highest BCUT2D eigenvalue weighted by atomic mass is 32.2. The third-order valence-corrected chi connectivity index (χ3v) is 9.08. The normalized spacial score (nSPS) is 13.9. The number of carbonyl (C=O) groups is 3. The fourth-order valence-electron chi connectivity index (χ4n) is 5.26. The quantitative estimate of drug-likeness (QED) is 0.144. The molecule has 0 aromatic heterocycles. The van der Waals surface area contributed by atoms with E-state index in [0.717, 1.165) is 19.3 Å². The second kappa shape index (κ2) is 16.0. The first kappa shape index (κ1) is 34.0. The summed E-state index contributed by atoms with van der Waals surface area (Å²) in [6, 6.07) is 29.5. The van der Waals surface area contributed by atoms with E-state index in [9.17, 15) is 22.8 Å². The van der Waals surface area contributed by atoms with E-state index in [0.29, 0.717) is 23.6 Å². The number of benzene rings is 4. The molecule has 0 radical (unpaired) electrons. The van der Waals surface area contributed by atoms with Crippen LogP contribution in [-0.4, -0.2) is 57.1 Å². The molecule has 0 fully saturated rings. The van der Waals surface area contributed by atoms with Crippen LogP contribution in [0.3, 0.4) is 0 Å². The molecule has 4 aromatic carbocycles. The van der Waals surface area contributed by atoms with Crippen LogP contribution in [0.1, 0.15) is 41.6 Å². The standard InChI is InChI=1S/C36H37N3O8S/c40-33(41)18-10-23-39-25-32(36(43)38-48(44,45)29-14-5-2-6-15-29)47-34-30(16-9-17-31(34)39)37-35(42)27-19-21-28(22-20-27)46-24-8-7-13-26-11-3-1-4-12-26/h1-6,9,11-12,14-17,19-22,32H,7-8,10,13,18,23-25H2,(H,37,42)(H,38,43)(H,40,41). The molecule has 1 aliphatic heterocycles. The van der Waals surface area contributed by atoms with Crippen molar-refractivity contribution < 1.29 is 37.4 Å². The molecule has 0 spiro atoms. The molecule has 2 amide bonds. The van der Waals surface area contributed by atoms with Gasteiger partial charge in [-0.25, -0.2) is 13.1 Å². The molecule has 250 valence electrons. The van der Waals surface area contributed by atoms with E-state index < -0.39 is 33.9 Å². The SMILES string of the molecule is O=C(O)CCCN1CC(C(=O)NS(=O)(=O)c2ccccc2)Oc2c(NC(=O)c3ccc(OCCCCc4ccccc4)cc3)cccc21. The van der Waals surface area contributed by atoms with Gasteiger partial charge in [-0.1, -0.05) is 54.6 Å². The number of hydrogen-bond donors (Lipinski definition) is 3. The van der Waals surface area contributed by atoms with Crippen molar-refractivity contribution in [1.82, 2.24) is 4.72 Å². The van der Waals surface area contributed by atoms with Crippen molar-refractivity contribution >= 4 is 39.2 Å². The summed E-state index contributed by atoms with van der Waals surface area (Å²) in [5.74, 6) is -1.49. The molecule has 0 saturated carbocycles. The van der Waals surface area contributed by atoms with Gasteiger partial charge in [-0.3, -0.25) is 14.4 Å². The predicted octanol–water partition coefficient (Wildman–Crippen LogP) is 5.28. The molecule has 0 aliphatic carbocycles. The van der Waals surface area contributed by atoms with Crippen molar-refractivity contribution in [3.63, 3.8) is 0 Å². The van der Waals surface area contributed by atoms with E-state index in [1.807, 2.05) is 18.2 Å². The number of aryl methyl sites for hydroxylation is 1. The van der Waals surface area contributed by atoms with Gasteiger partial charge in [0.1, 0.15) is 5.75 Å². The second-order valence-electron chi connectivity index (χ2n) is 11.3. The van der Waals surface area contributed by atoms with Crippen LogP contribution in [0.4, 0.5) is 11.4 Å². The highest BCUT2D eigenvalue weighted by molar-refractivity contribution is 7.90. The Balaban J connectivity index is 1.25. The van der Waals surface area contributed by atoms with Crippen molar-refractivity contribution in [3.8, 4) is 11.5 Å². The van der Waals surface area contributed by atoms with E-state index in [1.165, 1.54) is 17.7 Å². The number of aliphatic carboxylic acids is 1. The molecular weight excluding hydrogens is 634 g/mol. The number of para-hydroxylation sites is 1. The first-order valence-corrected chi connectivity index (χ1v) is 17.1. The smallest absolute Gasteiger partial charge is 0.303 e. The van der Waals surface area contributed by atoms with Gasteiger partial charge in [0.25, 0.3) is 21.8 Å². The average Bonchev–Trinajstić information content (AvgIpc) is 3.09. The van der Waals surface area contributed by atoms with E-state index in [-0.39, 0.29) is 42.3 Å². The number of rotatable bonds is 15. The van der Waals surface area contributed by atoms with Gasteiger partial charge in [0, 0.05) is 18.5 Å². The molecule has 48 heavy (non-hydrogen) atoms. The molecule has 0 saturated heterocycles. The van der Waals surface area contributed by atoms with Crippen molar-refractivity contribution in [2.45, 2.75) is 43.1 Å². The third kappa shape index (κ3) is 9.13. The third-order valence-electron chi connectivity index (χ3n) is 7.72. The van der Waals surface area contributed by atoms with Gasteiger partial charge >= 0.3 is 5.97 Å². The number of amides is 2. The van der Waals surface area contributed by atoms with Crippen LogP contribution in [0.2, 0.25) is 0 Å². The number of hydrogen-bond acceptors (Lipinski definition) is 8. The number of nitrogens with zero attached hydrogens (tertiary/aromatic N) is 1. The summed E-state index contributed by atoms with van der Waals surface area (Å²) in [7, 11) is -4.18. The Kier molecular flexibility index (Phi) is 11.3. The molecule has 1 heterocycles. The summed E-state index contributed by atoms with van der Waals surface area (Å²) in [5, 5.41) is 12.0. The topological polar surface area (TPSA) is 151 Å². The summed E-state index contributed by atoms with van der Waals surface area (Å²) in [5.41, 5.74) is 2.45. The van der Waals surface area contributed by atoms with Gasteiger partial charge in [-0.15, -0.1) is 0 Å². The molecule has 3 N–H and O–H groups in total. The zero-order valence-corrected chi connectivity index (χ0v) is 27.0. The molecule has 4 aromatic rings. The number of fused-ring (bicyclic) bond motifs is 1. The van der Waals surface area contributed by atoms with Crippen LogP contribution in [0, 0.1) is 0 Å². The summed E-state index contributed by atoms with van der Waals surface area (Å²) in [4.78, 5) is 39.4. The first-order valence-electron chi connectivity index (χ1n) is 15.7. The Bertz CT molecular complexity index is 1820. The minimum atomic E-state index is -4.18. The maximum Gasteiger partial charge on any atom is 0.303 e. The maximum absolute atomic E-state index is 13.3. The van der Waals surface area contributed by atoms with E-state index >= 15 is 0 Å². The molecule has 1 unspecified atom stereocenters. The number of nitrogens with one attached hydrogen (secondary N) is 2. The minimum absolute atomic E-state index is 0.0338. The van der Waals surface area contributed by atoms with Crippen molar-refractivity contribution in [2.75, 3.05) is 29.9 Å². The van der Waals surface area contributed by atoms with Crippen LogP contribution in [0.15, 0.2) is 108 Å². The van der Waals surface area contributed by atoms with Gasteiger partial charge in [0.05, 0.1) is 29.4 Å². The van der Waals surface area contributed by atoms with Crippen LogP contribution in [0.25, 0.3) is 0 Å². The van der Waals surface area contributed by atoms with Crippen LogP contribution >= 0.6 is 0 Å². The number of unbranched alkanes of at least 4 members (excludes halogenated alkanes) is 1. The summed E-state index contributed by atoms with van der Waals surface area (Å²) in [6.45, 7) is 0.771. The predicted molar refractivity (Wildman–Crippen MR) is 181 cm³/mol. The van der Waals surface area contributed by atoms with Crippen LogP contribution < -0.4 is 24.4 Å². The highest BCUT2D eigenvalue weighted by Gasteiger charge is 2.34. The van der Waals surface area contributed by atoms with E-state index in [4.69, 9.17) is 14.6 Å². The van der Waals surface area contributed by atoms with Crippen molar-refractivity contribution in [1.29, 1.82) is 0 Å². The van der Waals surface area contributed by atoms with Gasteiger partial charge in [-0.2, -0.15) is 0 Å². The molecule has 5 rings (SSSR count). The summed E-state index contributed by atoms with van der Waals surface area (Å²) < 4.78 is 39.7. The maximum atomic E-state index is 13.3. The Morgan fingerprint density at radius 3 is 2.27 bits per heavy atom. The number of anilines is 2. The van der Waals surface area contributed by atoms with Crippen LogP contribution in [0.5, 0.6) is 11.5 Å². The van der Waals surface area contributed by atoms with Gasteiger partial charge in [0.2, 0.25) is 0 Å². The highest BCUT2D eigenvalue weighted by Crippen LogP contribution is 2.40. The van der Waals surface area contributed by atoms with Crippen molar-refractivity contribution in [2.24, 2.45) is 0 Å². The lowest BCUT2D eigenvalue weighted by Gasteiger charge is -2.36. The first-order chi connectivity index (χ1) is 23.2. The molecule has 1 atom stereocenters. The molecule has 0 bridgehead atoms. The van der Waals surface area contributed by atoms with E-state index in [2.05, 4.69) is 22.2 Å². The lowest BCUT2D eigenvalue weighted by atomic mass is 10.1. The Labute approximate surface area is 279 Å². The molecule has 1 aliphatic rings. The Morgan fingerprint density at radius 2 is 1.56 bits per heavy atom. The largest absolute Gasteiger partial charge is 0.494 e. The van der Waals surface area contributed by atoms with Gasteiger partial charge < -0.3 is 24.8 Å². The fourth-order valence-corrected chi connectivity index (χ4v) is 6.29. The van der Waals surface area contributed by atoms with Crippen molar-refractivity contribution in [3.05, 3.63) is 114 Å². The van der Waals surface area contributed by atoms with Crippen LogP contribution in [-0.2, 0) is 26.0 Å². The number of carboxylic acid groups (broad SMARTS) is 1. The summed E-state index contributed by atoms with van der Waals surface area (Å²) in [6.07, 6.45) is 1.76. The molecular formula is C36H37N3O8S. The fraction of sp³-hybridized carbons (Fsp3) is 0.250. The average molecular weight is 672 g/mol. The monoisotopic (exact) mass is 671 g/mol. The Morgan fingerprint density at radius 1 is 0.854 bits per heavy atom. The molecule has 12 heteroatoms. The zero-order chi connectivity index (χ0) is 33.9. The Hall–Kier alpha value is -5.36. The lowest BCUT2D eigenvalue weighted by molar-refractivity contribution is -0.137. The molecule has 11 nitrogen and oxygen atoms in total. The number of carbonyl (C=O) groups excluding carboxylic acids is 2. The zero-order valence-electron chi connectivity index (χ0n) is 26.2. The van der Waals surface area contributed by atoms with Gasteiger partial charge in [-0.05, 0) is 79.8 Å². The second-order valence-corrected chi connectivity index (χ2v) is 12.9.